The third-order valence-corrected chi connectivity index (χ3v) is 5.60. The molecule has 0 heterocycles. The van der Waals surface area contributed by atoms with Gasteiger partial charge in [0.2, 0.25) is 0 Å². The number of hydrogen-bond donors (Lipinski definition) is 0. The number of ketones is 2. The van der Waals surface area contributed by atoms with E-state index in [1.807, 2.05) is 0 Å². The molecule has 0 unspecified atom stereocenters. The quantitative estimate of drug-likeness (QED) is 0.611. The summed E-state index contributed by atoms with van der Waals surface area (Å²) in [6, 6.07) is 11.8. The zero-order valence-electron chi connectivity index (χ0n) is 15.1. The number of carbonyl (C=O) groups excluding carboxylic acids is 3. The molecule has 6 nitrogen and oxygen atoms in total. The number of rotatable bonds is 4. The van der Waals surface area contributed by atoms with E-state index < -0.39 is 23.2 Å². The van der Waals surface area contributed by atoms with Crippen LogP contribution in [0.15, 0.2) is 42.5 Å². The van der Waals surface area contributed by atoms with Crippen LogP contribution >= 0.6 is 0 Å². The van der Waals surface area contributed by atoms with Gasteiger partial charge in [0.15, 0.2) is 11.6 Å². The fourth-order valence-electron chi connectivity index (χ4n) is 4.34. The Bertz CT molecular complexity index is 941. The van der Waals surface area contributed by atoms with E-state index in [1.54, 1.807) is 42.5 Å². The molecule has 2 aliphatic carbocycles. The van der Waals surface area contributed by atoms with Crippen molar-refractivity contribution in [3.63, 3.8) is 0 Å². The Balaban J connectivity index is 1.91. The Morgan fingerprint density at radius 1 is 0.926 bits per heavy atom. The van der Waals surface area contributed by atoms with Gasteiger partial charge in [-0.1, -0.05) is 24.3 Å². The van der Waals surface area contributed by atoms with Crippen molar-refractivity contribution in [3.05, 3.63) is 59.2 Å². The Kier molecular flexibility index (Phi) is 3.80. The standard InChI is InChI=1S/C21H18O6/c1-25-11-8-9-15(26-2)14(10-11)16-17(20(24)27-3)21(16)18(22)12-6-4-5-7-13(12)19(21)23/h4-10,16-17H,1-3H3/t16-,17+/m0/s1. The van der Waals surface area contributed by atoms with Crippen LogP contribution in [0.1, 0.15) is 32.2 Å². The second-order valence-electron chi connectivity index (χ2n) is 6.66. The van der Waals surface area contributed by atoms with Gasteiger partial charge in [0.05, 0.1) is 27.2 Å². The van der Waals surface area contributed by atoms with E-state index in [9.17, 15) is 14.4 Å². The predicted octanol–water partition coefficient (Wildman–Crippen LogP) is 2.66. The van der Waals surface area contributed by atoms with Crippen molar-refractivity contribution in [1.29, 1.82) is 0 Å². The normalized spacial score (nSPS) is 21.7. The number of methoxy groups -OCH3 is 3. The molecule has 0 N–H and O–H groups in total. The summed E-state index contributed by atoms with van der Waals surface area (Å²) in [6.07, 6.45) is 0. The van der Waals surface area contributed by atoms with Gasteiger partial charge in [0.1, 0.15) is 16.9 Å². The smallest absolute Gasteiger partial charge is 0.310 e. The van der Waals surface area contributed by atoms with Crippen LogP contribution in [0.3, 0.4) is 0 Å². The number of hydrogen-bond acceptors (Lipinski definition) is 6. The second-order valence-corrected chi connectivity index (χ2v) is 6.66. The molecule has 0 bridgehead atoms. The van der Waals surface area contributed by atoms with Crippen LogP contribution in [-0.4, -0.2) is 38.9 Å². The monoisotopic (exact) mass is 366 g/mol. The maximum atomic E-state index is 13.3. The summed E-state index contributed by atoms with van der Waals surface area (Å²) in [5.74, 6) is -1.78. The minimum atomic E-state index is -1.48. The third kappa shape index (κ3) is 2.10. The van der Waals surface area contributed by atoms with Crippen LogP contribution in [0.5, 0.6) is 11.5 Å². The highest BCUT2D eigenvalue weighted by molar-refractivity contribution is 6.34. The Hall–Kier alpha value is -3.15. The Morgan fingerprint density at radius 3 is 2.07 bits per heavy atom. The van der Waals surface area contributed by atoms with Gasteiger partial charge >= 0.3 is 5.97 Å². The van der Waals surface area contributed by atoms with Crippen LogP contribution in [0, 0.1) is 11.3 Å². The zero-order valence-corrected chi connectivity index (χ0v) is 15.1. The van der Waals surface area contributed by atoms with Gasteiger partial charge in [-0.25, -0.2) is 0 Å². The van der Waals surface area contributed by atoms with E-state index in [-0.39, 0.29) is 11.6 Å². The minimum absolute atomic E-state index is 0.339. The average Bonchev–Trinajstić information content (AvgIpc) is 3.36. The molecule has 0 aromatic heterocycles. The fourth-order valence-corrected chi connectivity index (χ4v) is 4.34. The van der Waals surface area contributed by atoms with Crippen molar-refractivity contribution < 1.29 is 28.6 Å². The first-order valence-electron chi connectivity index (χ1n) is 8.50. The molecule has 0 amide bonds. The lowest BCUT2D eigenvalue weighted by molar-refractivity contribution is -0.142. The topological polar surface area (TPSA) is 78.9 Å². The highest BCUT2D eigenvalue weighted by Gasteiger charge is 2.80. The van der Waals surface area contributed by atoms with Crippen molar-refractivity contribution in [1.82, 2.24) is 0 Å². The molecular weight excluding hydrogens is 348 g/mol. The summed E-state index contributed by atoms with van der Waals surface area (Å²) in [4.78, 5) is 39.0. The van der Waals surface area contributed by atoms with E-state index in [2.05, 4.69) is 0 Å². The molecule has 2 atom stereocenters. The van der Waals surface area contributed by atoms with Gasteiger partial charge in [0.25, 0.3) is 0 Å². The van der Waals surface area contributed by atoms with Crippen LogP contribution in [-0.2, 0) is 9.53 Å². The summed E-state index contributed by atoms with van der Waals surface area (Å²) in [7, 11) is 4.28. The van der Waals surface area contributed by atoms with E-state index in [0.29, 0.717) is 28.2 Å². The average molecular weight is 366 g/mol. The Labute approximate surface area is 156 Å². The molecular formula is C21H18O6. The van der Waals surface area contributed by atoms with Crippen molar-refractivity contribution in [2.75, 3.05) is 21.3 Å². The number of Topliss-reactive ketones (excluding diaryl/α,β-unsaturated/α-hetero) is 2. The van der Waals surface area contributed by atoms with Crippen molar-refractivity contribution in [3.8, 4) is 11.5 Å². The van der Waals surface area contributed by atoms with E-state index >= 15 is 0 Å². The third-order valence-electron chi connectivity index (χ3n) is 5.60. The van der Waals surface area contributed by atoms with Crippen molar-refractivity contribution in [2.24, 2.45) is 11.3 Å². The Morgan fingerprint density at radius 2 is 1.56 bits per heavy atom. The lowest BCUT2D eigenvalue weighted by atomic mass is 9.92. The van der Waals surface area contributed by atoms with Crippen molar-refractivity contribution >= 4 is 17.5 Å². The molecule has 0 saturated heterocycles. The van der Waals surface area contributed by atoms with Gasteiger partial charge in [0, 0.05) is 22.6 Å². The van der Waals surface area contributed by atoms with E-state index in [4.69, 9.17) is 14.2 Å². The van der Waals surface area contributed by atoms with Gasteiger partial charge in [-0.05, 0) is 18.2 Å². The highest BCUT2D eigenvalue weighted by Crippen LogP contribution is 2.71. The molecule has 138 valence electrons. The molecule has 4 rings (SSSR count). The summed E-state index contributed by atoms with van der Waals surface area (Å²) in [5.41, 5.74) is -0.195. The molecule has 1 spiro atoms. The minimum Gasteiger partial charge on any atom is -0.497 e. The van der Waals surface area contributed by atoms with Gasteiger partial charge in [-0.3, -0.25) is 14.4 Å². The first-order valence-corrected chi connectivity index (χ1v) is 8.50. The summed E-state index contributed by atoms with van der Waals surface area (Å²) < 4.78 is 15.6. The molecule has 2 aliphatic rings. The van der Waals surface area contributed by atoms with Crippen LogP contribution in [0.4, 0.5) is 0 Å². The van der Waals surface area contributed by atoms with E-state index in [0.717, 1.165) is 0 Å². The first-order chi connectivity index (χ1) is 13.0. The van der Waals surface area contributed by atoms with E-state index in [1.165, 1.54) is 21.3 Å². The largest absolute Gasteiger partial charge is 0.497 e. The summed E-state index contributed by atoms with van der Waals surface area (Å²) in [5, 5.41) is 0. The number of ether oxygens (including phenoxy) is 3. The summed E-state index contributed by atoms with van der Waals surface area (Å²) >= 11 is 0. The van der Waals surface area contributed by atoms with Gasteiger partial charge in [-0.15, -0.1) is 0 Å². The lowest BCUT2D eigenvalue weighted by Gasteiger charge is -2.12. The number of fused-ring (bicyclic) bond motifs is 1. The first kappa shape index (κ1) is 17.3. The molecule has 2 aromatic rings. The number of benzene rings is 2. The van der Waals surface area contributed by atoms with Crippen LogP contribution in [0.25, 0.3) is 0 Å². The fraction of sp³-hybridized carbons (Fsp3) is 0.286. The maximum Gasteiger partial charge on any atom is 0.310 e. The lowest BCUT2D eigenvalue weighted by Crippen LogP contribution is -2.24. The zero-order chi connectivity index (χ0) is 19.3. The molecule has 1 saturated carbocycles. The van der Waals surface area contributed by atoms with Crippen LogP contribution in [0.2, 0.25) is 0 Å². The maximum absolute atomic E-state index is 13.3. The van der Waals surface area contributed by atoms with Crippen molar-refractivity contribution in [2.45, 2.75) is 5.92 Å². The molecule has 2 aromatic carbocycles. The SMILES string of the molecule is COC(=O)[C@H]1[C@H](c2cc(OC)ccc2OC)C12C(=O)c1ccccc1C2=O. The second kappa shape index (κ2) is 5.94. The molecule has 0 aliphatic heterocycles. The highest BCUT2D eigenvalue weighted by atomic mass is 16.5. The molecule has 0 radical (unpaired) electrons. The number of esters is 1. The predicted molar refractivity (Wildman–Crippen MR) is 95.3 cm³/mol. The van der Waals surface area contributed by atoms with Crippen LogP contribution < -0.4 is 9.47 Å². The molecule has 6 heteroatoms. The van der Waals surface area contributed by atoms with Gasteiger partial charge < -0.3 is 14.2 Å². The van der Waals surface area contributed by atoms with Gasteiger partial charge in [-0.2, -0.15) is 0 Å². The number of carbonyl (C=O) groups is 3. The summed E-state index contributed by atoms with van der Waals surface area (Å²) in [6.45, 7) is 0. The molecule has 1 fully saturated rings. The molecule has 27 heavy (non-hydrogen) atoms.